The van der Waals surface area contributed by atoms with Gasteiger partial charge in [0, 0.05) is 28.1 Å². The Hall–Kier alpha value is -4.38. The molecule has 0 spiro atoms. The summed E-state index contributed by atoms with van der Waals surface area (Å²) in [5.74, 6) is 0.754. The van der Waals surface area contributed by atoms with E-state index in [0.717, 1.165) is 5.69 Å². The van der Waals surface area contributed by atoms with Crippen LogP contribution in [0.3, 0.4) is 0 Å². The number of fused-ring (bicyclic) bond motifs is 1. The highest BCUT2D eigenvalue weighted by Crippen LogP contribution is 2.18. The average Bonchev–Trinajstić information content (AvgIpc) is 3.44. The van der Waals surface area contributed by atoms with Crippen molar-refractivity contribution in [3.8, 4) is 5.88 Å². The van der Waals surface area contributed by atoms with Gasteiger partial charge in [0.1, 0.15) is 17.3 Å². The van der Waals surface area contributed by atoms with Crippen LogP contribution in [0.1, 0.15) is 5.69 Å². The Kier molecular flexibility index (Phi) is 4.49. The van der Waals surface area contributed by atoms with Crippen LogP contribution >= 0.6 is 11.6 Å². The molecule has 0 aliphatic carbocycles. The largest absolute Gasteiger partial charge is 0.493 e. The van der Waals surface area contributed by atoms with Crippen molar-refractivity contribution in [2.75, 3.05) is 5.32 Å². The first-order chi connectivity index (χ1) is 15.0. The van der Waals surface area contributed by atoms with Crippen LogP contribution in [0.25, 0.3) is 11.7 Å². The molecule has 0 radical (unpaired) electrons. The van der Waals surface area contributed by atoms with Crippen LogP contribution in [0, 0.1) is 0 Å². The number of anilines is 2. The maximum atomic E-state index is 11.4. The predicted octanol–water partition coefficient (Wildman–Crippen LogP) is 1.35. The van der Waals surface area contributed by atoms with Crippen molar-refractivity contribution in [1.82, 2.24) is 34.8 Å². The van der Waals surface area contributed by atoms with Gasteiger partial charge in [-0.25, -0.2) is 14.8 Å². The number of imidazole rings is 1. The van der Waals surface area contributed by atoms with Crippen molar-refractivity contribution >= 4 is 40.6 Å². The third-order valence-corrected chi connectivity index (χ3v) is 4.57. The smallest absolute Gasteiger partial charge is 0.326 e. The van der Waals surface area contributed by atoms with Crippen LogP contribution in [0.5, 0.6) is 5.88 Å². The number of benzene rings is 1. The number of hydrogen-bond donors (Lipinski definition) is 5. The molecule has 12 heteroatoms. The van der Waals surface area contributed by atoms with Gasteiger partial charge in [0.05, 0.1) is 12.4 Å². The van der Waals surface area contributed by atoms with Crippen molar-refractivity contribution in [3.05, 3.63) is 80.7 Å². The van der Waals surface area contributed by atoms with Crippen LogP contribution in [-0.4, -0.2) is 39.9 Å². The van der Waals surface area contributed by atoms with E-state index >= 15 is 0 Å². The first-order valence-electron chi connectivity index (χ1n) is 9.04. The topological polar surface area (TPSA) is 152 Å². The zero-order valence-corrected chi connectivity index (χ0v) is 16.4. The van der Waals surface area contributed by atoms with Gasteiger partial charge >= 0.3 is 5.69 Å². The second kappa shape index (κ2) is 7.46. The van der Waals surface area contributed by atoms with E-state index in [9.17, 15) is 9.90 Å². The van der Waals surface area contributed by atoms with E-state index in [1.165, 1.54) is 4.52 Å². The summed E-state index contributed by atoms with van der Waals surface area (Å²) >= 11 is 6.08. The van der Waals surface area contributed by atoms with Crippen molar-refractivity contribution in [2.24, 2.45) is 4.99 Å². The van der Waals surface area contributed by atoms with Gasteiger partial charge in [-0.1, -0.05) is 17.7 Å². The summed E-state index contributed by atoms with van der Waals surface area (Å²) < 4.78 is 1.54. The number of nitrogens with zero attached hydrogens (tertiary/aromatic N) is 5. The van der Waals surface area contributed by atoms with Crippen molar-refractivity contribution in [2.45, 2.75) is 0 Å². The molecule has 0 atom stereocenters. The summed E-state index contributed by atoms with van der Waals surface area (Å²) in [4.78, 5) is 25.4. The molecule has 5 aromatic rings. The number of aromatic hydroxyl groups is 1. The standard InChI is InChI=1S/C19H14ClN9O2/c20-11-2-1-3-12(7-11)23-15-8-16(25-14-4-5-21-28-14)29-17(26-15)10(9-22-29)6-13-18(30)27-19(31)24-13/h1-9,23,30H,(H,21,28)(H2,24,27,31)/b10-6+,25-16-. The first kappa shape index (κ1) is 18.6. The van der Waals surface area contributed by atoms with Gasteiger partial charge in [-0.05, 0) is 24.3 Å². The molecule has 5 rings (SSSR count). The molecule has 0 aliphatic rings. The maximum absolute atomic E-state index is 11.4. The SMILES string of the molecule is O=c1[nH]c(O)c(/C=c2\cnn3/c(=N\c4ccn[nH]4)cc(Nc4cccc(Cl)c4)nc23)[nH]1. The summed E-state index contributed by atoms with van der Waals surface area (Å²) in [6.45, 7) is 0. The molecule has 4 heterocycles. The van der Waals surface area contributed by atoms with Gasteiger partial charge in [-0.2, -0.15) is 14.7 Å². The second-order valence-electron chi connectivity index (χ2n) is 6.51. The van der Waals surface area contributed by atoms with Gasteiger partial charge in [-0.15, -0.1) is 0 Å². The molecule has 4 aromatic heterocycles. The Bertz CT molecular complexity index is 1560. The predicted molar refractivity (Wildman–Crippen MR) is 113 cm³/mol. The number of aromatic nitrogens is 7. The number of halogens is 1. The number of nitrogens with one attached hydrogen (secondary N) is 4. The fourth-order valence-electron chi connectivity index (χ4n) is 3.01. The molecule has 0 amide bonds. The molecule has 0 saturated heterocycles. The first-order valence-corrected chi connectivity index (χ1v) is 9.41. The van der Waals surface area contributed by atoms with Gasteiger partial charge in [0.25, 0.3) is 0 Å². The highest BCUT2D eigenvalue weighted by molar-refractivity contribution is 6.30. The third kappa shape index (κ3) is 3.76. The minimum absolute atomic E-state index is 0.210. The fourth-order valence-corrected chi connectivity index (χ4v) is 3.20. The minimum atomic E-state index is -0.522. The summed E-state index contributed by atoms with van der Waals surface area (Å²) in [7, 11) is 0. The summed E-state index contributed by atoms with van der Waals surface area (Å²) in [5.41, 5.74) is 1.36. The fraction of sp³-hybridized carbons (Fsp3) is 0. The second-order valence-corrected chi connectivity index (χ2v) is 6.95. The lowest BCUT2D eigenvalue weighted by Crippen LogP contribution is -2.18. The van der Waals surface area contributed by atoms with E-state index in [2.05, 4.69) is 40.6 Å². The lowest BCUT2D eigenvalue weighted by atomic mass is 10.3. The molecule has 1 aromatic carbocycles. The highest BCUT2D eigenvalue weighted by Gasteiger charge is 2.09. The zero-order valence-electron chi connectivity index (χ0n) is 15.7. The molecule has 0 unspecified atom stereocenters. The van der Waals surface area contributed by atoms with E-state index in [0.29, 0.717) is 33.0 Å². The van der Waals surface area contributed by atoms with E-state index in [1.807, 2.05) is 12.1 Å². The Balaban J connectivity index is 1.72. The molecule has 31 heavy (non-hydrogen) atoms. The molecule has 154 valence electrons. The Labute approximate surface area is 177 Å². The summed E-state index contributed by atoms with van der Waals surface area (Å²) in [6, 6.07) is 10.7. The normalized spacial score (nSPS) is 12.7. The van der Waals surface area contributed by atoms with Gasteiger partial charge in [0.15, 0.2) is 11.1 Å². The molecule has 0 aliphatic heterocycles. The van der Waals surface area contributed by atoms with Crippen molar-refractivity contribution in [1.29, 1.82) is 0 Å². The number of aromatic amines is 3. The number of rotatable bonds is 4. The van der Waals surface area contributed by atoms with Crippen LogP contribution < -0.4 is 21.7 Å². The van der Waals surface area contributed by atoms with Crippen molar-refractivity contribution in [3.63, 3.8) is 0 Å². The molecular formula is C19H14ClN9O2. The van der Waals surface area contributed by atoms with Crippen LogP contribution in [0.4, 0.5) is 17.3 Å². The van der Waals surface area contributed by atoms with Crippen molar-refractivity contribution < 1.29 is 5.11 Å². The monoisotopic (exact) mass is 435 g/mol. The summed E-state index contributed by atoms with van der Waals surface area (Å²) in [6.07, 6.45) is 4.71. The van der Waals surface area contributed by atoms with Crippen LogP contribution in [0.15, 0.2) is 58.6 Å². The Morgan fingerprint density at radius 2 is 2.13 bits per heavy atom. The molecule has 0 saturated carbocycles. The van der Waals surface area contributed by atoms with Crippen LogP contribution in [-0.2, 0) is 0 Å². The van der Waals surface area contributed by atoms with E-state index < -0.39 is 5.69 Å². The van der Waals surface area contributed by atoms with Crippen LogP contribution in [0.2, 0.25) is 5.02 Å². The lowest BCUT2D eigenvalue weighted by molar-refractivity contribution is 0.454. The highest BCUT2D eigenvalue weighted by atomic mass is 35.5. The number of hydrogen-bond acceptors (Lipinski definition) is 7. The van der Waals surface area contributed by atoms with Gasteiger partial charge in [-0.3, -0.25) is 10.1 Å². The van der Waals surface area contributed by atoms with E-state index in [4.69, 9.17) is 11.6 Å². The average molecular weight is 436 g/mol. The molecule has 5 N–H and O–H groups in total. The summed E-state index contributed by atoms with van der Waals surface area (Å²) in [5, 5.41) is 25.3. The quantitative estimate of drug-likeness (QED) is 0.287. The number of H-pyrrole nitrogens is 3. The van der Waals surface area contributed by atoms with Gasteiger partial charge < -0.3 is 15.4 Å². The van der Waals surface area contributed by atoms with E-state index in [1.54, 1.807) is 42.7 Å². The molecular weight excluding hydrogens is 422 g/mol. The molecule has 0 fully saturated rings. The van der Waals surface area contributed by atoms with Gasteiger partial charge in [0.2, 0.25) is 5.88 Å². The van der Waals surface area contributed by atoms with E-state index in [-0.39, 0.29) is 11.6 Å². The minimum Gasteiger partial charge on any atom is -0.493 e. The molecule has 11 nitrogen and oxygen atoms in total. The Morgan fingerprint density at radius 1 is 1.23 bits per heavy atom. The maximum Gasteiger partial charge on any atom is 0.326 e. The zero-order chi connectivity index (χ0) is 21.4. The third-order valence-electron chi connectivity index (χ3n) is 4.33. The lowest BCUT2D eigenvalue weighted by Gasteiger charge is -2.06. The Morgan fingerprint density at radius 3 is 2.87 bits per heavy atom. The molecule has 0 bridgehead atoms.